The maximum absolute atomic E-state index is 12.0. The smallest absolute Gasteiger partial charge is 0.317 e. The van der Waals surface area contributed by atoms with Crippen molar-refractivity contribution in [2.75, 3.05) is 13.6 Å². The van der Waals surface area contributed by atoms with Gasteiger partial charge in [-0.2, -0.15) is 0 Å². The number of aliphatic hydroxyl groups excluding tert-OH is 1. The van der Waals surface area contributed by atoms with Crippen LogP contribution in [0.2, 0.25) is 0 Å². The summed E-state index contributed by atoms with van der Waals surface area (Å²) in [6.45, 7) is 4.30. The Bertz CT molecular complexity index is 445. The van der Waals surface area contributed by atoms with Crippen molar-refractivity contribution in [2.45, 2.75) is 38.8 Å². The van der Waals surface area contributed by atoms with Crippen LogP contribution in [0.5, 0.6) is 0 Å². The molecule has 19 heavy (non-hydrogen) atoms. The Morgan fingerprint density at radius 3 is 2.89 bits per heavy atom. The number of rotatable bonds is 5. The SMILES string of the molecule is Cc1cnc(C(C)NC(=O)N(C)CC(O)C2CC2)s1. The van der Waals surface area contributed by atoms with E-state index >= 15 is 0 Å². The lowest BCUT2D eigenvalue weighted by Gasteiger charge is -2.23. The number of urea groups is 1. The molecule has 2 unspecified atom stereocenters. The minimum atomic E-state index is -0.395. The first kappa shape index (κ1) is 14.3. The van der Waals surface area contributed by atoms with E-state index in [-0.39, 0.29) is 12.1 Å². The molecule has 0 saturated heterocycles. The van der Waals surface area contributed by atoms with Crippen LogP contribution < -0.4 is 5.32 Å². The molecule has 2 atom stereocenters. The second-order valence-corrected chi connectivity index (χ2v) is 6.53. The van der Waals surface area contributed by atoms with E-state index in [0.717, 1.165) is 22.7 Å². The highest BCUT2D eigenvalue weighted by Gasteiger charge is 2.31. The maximum Gasteiger partial charge on any atom is 0.317 e. The van der Waals surface area contributed by atoms with Gasteiger partial charge in [0.1, 0.15) is 5.01 Å². The fourth-order valence-corrected chi connectivity index (χ4v) is 2.70. The molecule has 1 aliphatic rings. The van der Waals surface area contributed by atoms with E-state index in [4.69, 9.17) is 0 Å². The van der Waals surface area contributed by atoms with Crippen LogP contribution in [0.15, 0.2) is 6.20 Å². The number of nitrogens with zero attached hydrogens (tertiary/aromatic N) is 2. The lowest BCUT2D eigenvalue weighted by Crippen LogP contribution is -2.42. The second kappa shape index (κ2) is 5.88. The molecular formula is C13H21N3O2S. The van der Waals surface area contributed by atoms with Crippen molar-refractivity contribution in [2.24, 2.45) is 5.92 Å². The van der Waals surface area contributed by atoms with Crippen LogP contribution >= 0.6 is 11.3 Å². The zero-order valence-electron chi connectivity index (χ0n) is 11.6. The number of carbonyl (C=O) groups excluding carboxylic acids is 1. The molecule has 0 aliphatic heterocycles. The summed E-state index contributed by atoms with van der Waals surface area (Å²) in [5.41, 5.74) is 0. The lowest BCUT2D eigenvalue weighted by molar-refractivity contribution is 0.113. The average Bonchev–Trinajstić information content (AvgIpc) is 3.11. The van der Waals surface area contributed by atoms with E-state index in [0.29, 0.717) is 12.5 Å². The summed E-state index contributed by atoms with van der Waals surface area (Å²) >= 11 is 1.58. The van der Waals surface area contributed by atoms with Crippen molar-refractivity contribution in [3.8, 4) is 0 Å². The number of aryl methyl sites for hydroxylation is 1. The Morgan fingerprint density at radius 1 is 1.68 bits per heavy atom. The van der Waals surface area contributed by atoms with Gasteiger partial charge >= 0.3 is 6.03 Å². The van der Waals surface area contributed by atoms with Gasteiger partial charge in [-0.15, -0.1) is 11.3 Å². The topological polar surface area (TPSA) is 65.5 Å². The summed E-state index contributed by atoms with van der Waals surface area (Å²) in [7, 11) is 1.71. The number of hydrogen-bond acceptors (Lipinski definition) is 4. The van der Waals surface area contributed by atoms with Crippen LogP contribution in [0.4, 0.5) is 4.79 Å². The number of carbonyl (C=O) groups is 1. The van der Waals surface area contributed by atoms with Crippen molar-refractivity contribution in [3.63, 3.8) is 0 Å². The number of thiazole rings is 1. The van der Waals surface area contributed by atoms with Crippen molar-refractivity contribution < 1.29 is 9.90 Å². The monoisotopic (exact) mass is 283 g/mol. The maximum atomic E-state index is 12.0. The van der Waals surface area contributed by atoms with Gasteiger partial charge in [0.15, 0.2) is 0 Å². The molecule has 1 saturated carbocycles. The van der Waals surface area contributed by atoms with Gasteiger partial charge in [0.25, 0.3) is 0 Å². The quantitative estimate of drug-likeness (QED) is 0.867. The Kier molecular flexibility index (Phi) is 4.42. The van der Waals surface area contributed by atoms with E-state index < -0.39 is 6.10 Å². The molecule has 1 aromatic heterocycles. The van der Waals surface area contributed by atoms with Gasteiger partial charge in [0.05, 0.1) is 12.1 Å². The number of nitrogens with one attached hydrogen (secondary N) is 1. The Labute approximate surface area is 117 Å². The normalized spacial score (nSPS) is 17.9. The summed E-state index contributed by atoms with van der Waals surface area (Å²) in [5.74, 6) is 0.384. The largest absolute Gasteiger partial charge is 0.391 e. The van der Waals surface area contributed by atoms with Crippen LogP contribution in [-0.4, -0.2) is 40.7 Å². The van der Waals surface area contributed by atoms with Gasteiger partial charge in [0, 0.05) is 24.7 Å². The number of aliphatic hydroxyl groups is 1. The third kappa shape index (κ3) is 3.91. The fraction of sp³-hybridized carbons (Fsp3) is 0.692. The molecule has 0 spiro atoms. The molecule has 1 fully saturated rings. The van der Waals surface area contributed by atoms with E-state index in [1.165, 1.54) is 0 Å². The zero-order valence-corrected chi connectivity index (χ0v) is 12.4. The number of aromatic nitrogens is 1. The van der Waals surface area contributed by atoms with E-state index in [1.807, 2.05) is 20.0 Å². The number of hydrogen-bond donors (Lipinski definition) is 2. The molecule has 0 aromatic carbocycles. The number of likely N-dealkylation sites (N-methyl/N-ethyl adjacent to an activating group) is 1. The fourth-order valence-electron chi connectivity index (χ4n) is 1.92. The van der Waals surface area contributed by atoms with Crippen molar-refractivity contribution in [1.82, 2.24) is 15.2 Å². The van der Waals surface area contributed by atoms with Gasteiger partial charge in [-0.1, -0.05) is 0 Å². The summed E-state index contributed by atoms with van der Waals surface area (Å²) in [4.78, 5) is 18.9. The molecule has 2 rings (SSSR count). The Hall–Kier alpha value is -1.14. The zero-order chi connectivity index (χ0) is 14.0. The summed E-state index contributed by atoms with van der Waals surface area (Å²) in [5, 5.41) is 13.6. The molecule has 1 heterocycles. The van der Waals surface area contributed by atoms with Crippen molar-refractivity contribution >= 4 is 17.4 Å². The highest BCUT2D eigenvalue weighted by Crippen LogP contribution is 2.32. The average molecular weight is 283 g/mol. The Balaban J connectivity index is 1.82. The van der Waals surface area contributed by atoms with E-state index in [9.17, 15) is 9.90 Å². The van der Waals surface area contributed by atoms with Gasteiger partial charge < -0.3 is 15.3 Å². The third-order valence-corrected chi connectivity index (χ3v) is 4.42. The van der Waals surface area contributed by atoms with Crippen LogP contribution in [0.3, 0.4) is 0 Å². The predicted molar refractivity (Wildman–Crippen MR) is 75.2 cm³/mol. The first-order valence-corrected chi connectivity index (χ1v) is 7.41. The molecule has 106 valence electrons. The molecule has 1 aromatic rings. The molecule has 2 N–H and O–H groups in total. The summed E-state index contributed by atoms with van der Waals surface area (Å²) in [6, 6.07) is -0.272. The van der Waals surface area contributed by atoms with E-state index in [2.05, 4.69) is 10.3 Å². The highest BCUT2D eigenvalue weighted by atomic mass is 32.1. The van der Waals surface area contributed by atoms with Crippen molar-refractivity contribution in [1.29, 1.82) is 0 Å². The summed E-state index contributed by atoms with van der Waals surface area (Å²) in [6.07, 6.45) is 3.56. The first-order valence-electron chi connectivity index (χ1n) is 6.59. The molecule has 0 radical (unpaired) electrons. The van der Waals surface area contributed by atoms with Crippen LogP contribution in [-0.2, 0) is 0 Å². The molecule has 1 aliphatic carbocycles. The first-order chi connectivity index (χ1) is 8.97. The van der Waals surface area contributed by atoms with Gasteiger partial charge in [0.2, 0.25) is 0 Å². The number of amides is 2. The van der Waals surface area contributed by atoms with Gasteiger partial charge in [-0.25, -0.2) is 9.78 Å². The minimum absolute atomic E-state index is 0.105. The standard InChI is InChI=1S/C13H21N3O2S/c1-8-6-14-12(19-8)9(2)15-13(18)16(3)7-11(17)10-4-5-10/h6,9-11,17H,4-5,7H2,1-3H3,(H,15,18). The van der Waals surface area contributed by atoms with E-state index in [1.54, 1.807) is 23.3 Å². The van der Waals surface area contributed by atoms with Gasteiger partial charge in [-0.05, 0) is 32.6 Å². The minimum Gasteiger partial charge on any atom is -0.391 e. The Morgan fingerprint density at radius 2 is 2.37 bits per heavy atom. The second-order valence-electron chi connectivity index (χ2n) is 5.27. The summed E-state index contributed by atoms with van der Waals surface area (Å²) < 4.78 is 0. The van der Waals surface area contributed by atoms with Crippen LogP contribution in [0, 0.1) is 12.8 Å². The molecule has 0 bridgehead atoms. The molecule has 5 nitrogen and oxygen atoms in total. The molecular weight excluding hydrogens is 262 g/mol. The third-order valence-electron chi connectivity index (χ3n) is 3.32. The molecule has 6 heteroatoms. The van der Waals surface area contributed by atoms with Crippen molar-refractivity contribution in [3.05, 3.63) is 16.1 Å². The van der Waals surface area contributed by atoms with Crippen LogP contribution in [0.25, 0.3) is 0 Å². The predicted octanol–water partition coefficient (Wildman–Crippen LogP) is 1.92. The highest BCUT2D eigenvalue weighted by molar-refractivity contribution is 7.11. The lowest BCUT2D eigenvalue weighted by atomic mass is 10.2. The molecule has 2 amide bonds. The van der Waals surface area contributed by atoms with Gasteiger partial charge in [-0.3, -0.25) is 0 Å². The van der Waals surface area contributed by atoms with Crippen LogP contribution in [0.1, 0.15) is 35.7 Å².